The molecule has 1 amide bonds. The van der Waals surface area contributed by atoms with Crippen LogP contribution in [0.4, 0.5) is 5.00 Å². The molecule has 0 aliphatic heterocycles. The number of carbonyl (C=O) groups excluding carboxylic acids is 2. The van der Waals surface area contributed by atoms with E-state index in [2.05, 4.69) is 5.32 Å². The molecular formula is C31H26N2O4S. The molecule has 0 fully saturated rings. The summed E-state index contributed by atoms with van der Waals surface area (Å²) in [5, 5.41) is 4.16. The predicted molar refractivity (Wildman–Crippen MR) is 152 cm³/mol. The average molecular weight is 523 g/mol. The van der Waals surface area contributed by atoms with E-state index in [0.717, 1.165) is 27.3 Å². The zero-order valence-corrected chi connectivity index (χ0v) is 22.1. The van der Waals surface area contributed by atoms with Crippen molar-refractivity contribution in [2.45, 2.75) is 13.8 Å². The van der Waals surface area contributed by atoms with Gasteiger partial charge in [-0.05, 0) is 43.7 Å². The van der Waals surface area contributed by atoms with Gasteiger partial charge in [0.15, 0.2) is 0 Å². The number of pyridine rings is 1. The van der Waals surface area contributed by atoms with Crippen LogP contribution in [0.5, 0.6) is 5.75 Å². The molecule has 0 aliphatic rings. The molecule has 2 aromatic heterocycles. The van der Waals surface area contributed by atoms with Gasteiger partial charge in [0.05, 0.1) is 30.5 Å². The number of hydrogen-bond acceptors (Lipinski definition) is 6. The Morgan fingerprint density at radius 1 is 0.921 bits per heavy atom. The summed E-state index contributed by atoms with van der Waals surface area (Å²) < 4.78 is 10.8. The number of benzene rings is 3. The summed E-state index contributed by atoms with van der Waals surface area (Å²) in [5.74, 6) is -0.107. The van der Waals surface area contributed by atoms with E-state index in [1.807, 2.05) is 92.7 Å². The van der Waals surface area contributed by atoms with Crippen LogP contribution in [-0.2, 0) is 4.74 Å². The number of nitrogens with one attached hydrogen (secondary N) is 1. The van der Waals surface area contributed by atoms with Gasteiger partial charge in [0, 0.05) is 21.4 Å². The zero-order valence-electron chi connectivity index (χ0n) is 21.3. The molecule has 0 unspecified atom stereocenters. The fourth-order valence-corrected chi connectivity index (χ4v) is 5.53. The van der Waals surface area contributed by atoms with Gasteiger partial charge in [-0.2, -0.15) is 0 Å². The third-order valence-corrected chi connectivity index (χ3v) is 7.19. The molecule has 0 spiro atoms. The topological polar surface area (TPSA) is 77.5 Å². The van der Waals surface area contributed by atoms with Gasteiger partial charge in [-0.15, -0.1) is 11.3 Å². The number of thiophene rings is 1. The number of nitrogens with zero attached hydrogens (tertiary/aromatic N) is 1. The van der Waals surface area contributed by atoms with E-state index in [9.17, 15) is 9.59 Å². The number of amides is 1. The lowest BCUT2D eigenvalue weighted by Gasteiger charge is -2.12. The summed E-state index contributed by atoms with van der Waals surface area (Å²) >= 11 is 1.35. The summed E-state index contributed by atoms with van der Waals surface area (Å²) in [5.41, 5.74) is 4.62. The highest BCUT2D eigenvalue weighted by molar-refractivity contribution is 7.17. The molecule has 5 rings (SSSR count). The van der Waals surface area contributed by atoms with Crippen molar-refractivity contribution in [2.24, 2.45) is 0 Å². The molecule has 2 heterocycles. The Morgan fingerprint density at radius 2 is 1.66 bits per heavy atom. The quantitative estimate of drug-likeness (QED) is 0.226. The van der Waals surface area contributed by atoms with Crippen molar-refractivity contribution in [3.63, 3.8) is 0 Å². The number of para-hydroxylation sites is 1. The Kier molecular flexibility index (Phi) is 7.20. The van der Waals surface area contributed by atoms with Crippen molar-refractivity contribution in [3.05, 3.63) is 101 Å². The lowest BCUT2D eigenvalue weighted by Crippen LogP contribution is -2.15. The van der Waals surface area contributed by atoms with E-state index in [0.29, 0.717) is 39.3 Å². The van der Waals surface area contributed by atoms with Crippen LogP contribution >= 0.6 is 11.3 Å². The minimum Gasteiger partial charge on any atom is -0.494 e. The lowest BCUT2D eigenvalue weighted by molar-refractivity contribution is 0.0603. The molecule has 0 aliphatic carbocycles. The second kappa shape index (κ2) is 10.9. The summed E-state index contributed by atoms with van der Waals surface area (Å²) in [6.45, 7) is 4.41. The summed E-state index contributed by atoms with van der Waals surface area (Å²) in [4.78, 5) is 32.4. The van der Waals surface area contributed by atoms with E-state index >= 15 is 0 Å². The van der Waals surface area contributed by atoms with Crippen LogP contribution in [0.25, 0.3) is 33.3 Å². The third-order valence-electron chi connectivity index (χ3n) is 6.16. The zero-order chi connectivity index (χ0) is 26.6. The van der Waals surface area contributed by atoms with Gasteiger partial charge in [0.2, 0.25) is 0 Å². The van der Waals surface area contributed by atoms with Crippen LogP contribution < -0.4 is 10.1 Å². The van der Waals surface area contributed by atoms with Gasteiger partial charge in [-0.25, -0.2) is 9.78 Å². The molecule has 1 N–H and O–H groups in total. The van der Waals surface area contributed by atoms with Crippen molar-refractivity contribution in [2.75, 3.05) is 19.0 Å². The minimum absolute atomic E-state index is 0.336. The normalized spacial score (nSPS) is 10.8. The van der Waals surface area contributed by atoms with Gasteiger partial charge in [0.25, 0.3) is 5.91 Å². The second-order valence-electron chi connectivity index (χ2n) is 8.58. The fraction of sp³-hybridized carbons (Fsp3) is 0.129. The number of hydrogen-bond donors (Lipinski definition) is 1. The number of rotatable bonds is 7. The molecular weight excluding hydrogens is 496 g/mol. The molecule has 38 heavy (non-hydrogen) atoms. The number of esters is 1. The molecule has 0 saturated carbocycles. The molecule has 5 aromatic rings. The van der Waals surface area contributed by atoms with E-state index < -0.39 is 5.97 Å². The first kappa shape index (κ1) is 25.2. The smallest absolute Gasteiger partial charge is 0.341 e. The van der Waals surface area contributed by atoms with E-state index in [4.69, 9.17) is 14.5 Å². The summed E-state index contributed by atoms with van der Waals surface area (Å²) in [6.07, 6.45) is 0. The maximum atomic E-state index is 13.8. The molecule has 190 valence electrons. The number of fused-ring (bicyclic) bond motifs is 1. The van der Waals surface area contributed by atoms with Gasteiger partial charge in [0.1, 0.15) is 16.3 Å². The van der Waals surface area contributed by atoms with Crippen molar-refractivity contribution in [1.82, 2.24) is 4.98 Å². The number of aryl methyl sites for hydroxylation is 1. The van der Waals surface area contributed by atoms with Crippen LogP contribution in [0.2, 0.25) is 0 Å². The highest BCUT2D eigenvalue weighted by Crippen LogP contribution is 2.40. The third kappa shape index (κ3) is 4.88. The van der Waals surface area contributed by atoms with Crippen molar-refractivity contribution < 1.29 is 19.1 Å². The predicted octanol–water partition coefficient (Wildman–Crippen LogP) is 7.38. The van der Waals surface area contributed by atoms with Gasteiger partial charge >= 0.3 is 5.97 Å². The van der Waals surface area contributed by atoms with Crippen LogP contribution in [0.1, 0.15) is 32.5 Å². The number of carbonyl (C=O) groups is 2. The first-order valence-corrected chi connectivity index (χ1v) is 13.0. The van der Waals surface area contributed by atoms with Crippen molar-refractivity contribution >= 4 is 39.1 Å². The van der Waals surface area contributed by atoms with Gasteiger partial charge in [-0.3, -0.25) is 4.79 Å². The Hall–Kier alpha value is -4.49. The molecule has 7 heteroatoms. The van der Waals surface area contributed by atoms with Crippen LogP contribution in [0, 0.1) is 6.92 Å². The van der Waals surface area contributed by atoms with Crippen LogP contribution in [0.3, 0.4) is 0 Å². The maximum Gasteiger partial charge on any atom is 0.341 e. The standard InChI is InChI=1S/C31H26N2O4S/c1-4-37-22-14-10-13-21(17-22)26-18-24(23-15-8-9-16-25(23)32-26)29(34)33-30-28(31(35)36-3)27(19(2)38-30)20-11-6-5-7-12-20/h5-18H,4H2,1-3H3,(H,33,34). The Bertz CT molecular complexity index is 1640. The number of anilines is 1. The monoisotopic (exact) mass is 522 g/mol. The van der Waals surface area contributed by atoms with E-state index in [1.54, 1.807) is 6.07 Å². The van der Waals surface area contributed by atoms with Crippen molar-refractivity contribution in [1.29, 1.82) is 0 Å². The summed E-state index contributed by atoms with van der Waals surface area (Å²) in [7, 11) is 1.34. The second-order valence-corrected chi connectivity index (χ2v) is 9.81. The minimum atomic E-state index is -0.503. The summed E-state index contributed by atoms with van der Waals surface area (Å²) in [6, 6.07) is 26.5. The Balaban J connectivity index is 1.60. The average Bonchev–Trinajstić information content (AvgIpc) is 3.27. The Morgan fingerprint density at radius 3 is 2.42 bits per heavy atom. The number of ether oxygens (including phenoxy) is 2. The number of aromatic nitrogens is 1. The van der Waals surface area contributed by atoms with E-state index in [1.165, 1.54) is 18.4 Å². The van der Waals surface area contributed by atoms with Gasteiger partial charge < -0.3 is 14.8 Å². The lowest BCUT2D eigenvalue weighted by atomic mass is 10.0. The highest BCUT2D eigenvalue weighted by atomic mass is 32.1. The maximum absolute atomic E-state index is 13.8. The molecule has 3 aromatic carbocycles. The van der Waals surface area contributed by atoms with Crippen LogP contribution in [-0.4, -0.2) is 30.6 Å². The van der Waals surface area contributed by atoms with Crippen molar-refractivity contribution in [3.8, 4) is 28.1 Å². The highest BCUT2D eigenvalue weighted by Gasteiger charge is 2.26. The Labute approximate surface area is 224 Å². The fourth-order valence-electron chi connectivity index (χ4n) is 4.48. The molecule has 0 bridgehead atoms. The van der Waals surface area contributed by atoms with Crippen LogP contribution in [0.15, 0.2) is 84.9 Å². The first-order valence-electron chi connectivity index (χ1n) is 12.2. The molecule has 6 nitrogen and oxygen atoms in total. The first-order chi connectivity index (χ1) is 18.5. The van der Waals surface area contributed by atoms with Gasteiger partial charge in [-0.1, -0.05) is 60.7 Å². The molecule has 0 atom stereocenters. The largest absolute Gasteiger partial charge is 0.494 e. The number of methoxy groups -OCH3 is 1. The van der Waals surface area contributed by atoms with E-state index in [-0.39, 0.29) is 5.91 Å². The SMILES string of the molecule is CCOc1cccc(-c2cc(C(=O)Nc3sc(C)c(-c4ccccc4)c3C(=O)OC)c3ccccc3n2)c1. The molecule has 0 saturated heterocycles. The molecule has 0 radical (unpaired) electrons.